The van der Waals surface area contributed by atoms with Gasteiger partial charge in [0.15, 0.2) is 0 Å². The Morgan fingerprint density at radius 2 is 1.96 bits per heavy atom. The maximum absolute atomic E-state index is 12.1. The van der Waals surface area contributed by atoms with Crippen LogP contribution in [0, 0.1) is 13.8 Å². The van der Waals surface area contributed by atoms with Crippen molar-refractivity contribution in [1.82, 2.24) is 10.1 Å². The molecular formula is C18H17N3O3. The molecule has 1 N–H and O–H groups in total. The van der Waals surface area contributed by atoms with E-state index in [9.17, 15) is 4.79 Å². The first-order valence-corrected chi connectivity index (χ1v) is 7.52. The SMILES string of the molecule is Cc1noc(C)c1CC(=O)Nc1ccc(Oc2ccccc2)nc1. The molecule has 0 aliphatic carbocycles. The normalized spacial score (nSPS) is 10.4. The number of hydrogen-bond acceptors (Lipinski definition) is 5. The standard InChI is InChI=1S/C18H17N3O3/c1-12-16(13(2)24-21-12)10-17(22)20-14-8-9-18(19-11-14)23-15-6-4-3-5-7-15/h3-9,11H,10H2,1-2H3,(H,20,22). The second-order valence-electron chi connectivity index (χ2n) is 5.33. The maximum Gasteiger partial charge on any atom is 0.229 e. The highest BCUT2D eigenvalue weighted by Crippen LogP contribution is 2.20. The number of rotatable bonds is 5. The van der Waals surface area contributed by atoms with Crippen LogP contribution in [0.2, 0.25) is 0 Å². The summed E-state index contributed by atoms with van der Waals surface area (Å²) in [6.45, 7) is 3.61. The lowest BCUT2D eigenvalue weighted by atomic mass is 10.1. The van der Waals surface area contributed by atoms with Crippen LogP contribution in [0.25, 0.3) is 0 Å². The minimum atomic E-state index is -0.150. The van der Waals surface area contributed by atoms with Crippen molar-refractivity contribution in [2.24, 2.45) is 0 Å². The van der Waals surface area contributed by atoms with Crippen molar-refractivity contribution in [3.05, 3.63) is 65.7 Å². The van der Waals surface area contributed by atoms with Crippen LogP contribution < -0.4 is 10.1 Å². The molecule has 2 heterocycles. The maximum atomic E-state index is 12.1. The van der Waals surface area contributed by atoms with Gasteiger partial charge in [-0.25, -0.2) is 4.98 Å². The monoisotopic (exact) mass is 323 g/mol. The fourth-order valence-electron chi connectivity index (χ4n) is 2.24. The van der Waals surface area contributed by atoms with Crippen LogP contribution in [0.1, 0.15) is 17.0 Å². The van der Waals surface area contributed by atoms with E-state index in [-0.39, 0.29) is 12.3 Å². The number of anilines is 1. The minimum absolute atomic E-state index is 0.150. The fraction of sp³-hybridized carbons (Fsp3) is 0.167. The van der Waals surface area contributed by atoms with Crippen LogP contribution in [0.5, 0.6) is 11.6 Å². The number of carbonyl (C=O) groups is 1. The third-order valence-corrected chi connectivity index (χ3v) is 3.50. The molecule has 0 atom stereocenters. The van der Waals surface area contributed by atoms with Crippen molar-refractivity contribution >= 4 is 11.6 Å². The predicted molar refractivity (Wildman–Crippen MR) is 89.1 cm³/mol. The topological polar surface area (TPSA) is 77.2 Å². The van der Waals surface area contributed by atoms with E-state index >= 15 is 0 Å². The van der Waals surface area contributed by atoms with Gasteiger partial charge in [0.05, 0.1) is 24.0 Å². The van der Waals surface area contributed by atoms with Crippen LogP contribution in [0.15, 0.2) is 53.2 Å². The second kappa shape index (κ2) is 6.95. The van der Waals surface area contributed by atoms with E-state index in [0.29, 0.717) is 23.1 Å². The molecule has 3 rings (SSSR count). The van der Waals surface area contributed by atoms with Gasteiger partial charge in [0.2, 0.25) is 11.8 Å². The van der Waals surface area contributed by atoms with Crippen LogP contribution in [0.3, 0.4) is 0 Å². The Morgan fingerprint density at radius 1 is 1.17 bits per heavy atom. The third kappa shape index (κ3) is 3.78. The first-order chi connectivity index (χ1) is 11.6. The molecule has 6 nitrogen and oxygen atoms in total. The summed E-state index contributed by atoms with van der Waals surface area (Å²) >= 11 is 0. The highest BCUT2D eigenvalue weighted by molar-refractivity contribution is 5.92. The number of hydrogen-bond donors (Lipinski definition) is 1. The molecule has 6 heteroatoms. The van der Waals surface area contributed by atoms with Crippen LogP contribution >= 0.6 is 0 Å². The molecule has 24 heavy (non-hydrogen) atoms. The first kappa shape index (κ1) is 15.7. The lowest BCUT2D eigenvalue weighted by Gasteiger charge is -2.07. The summed E-state index contributed by atoms with van der Waals surface area (Å²) in [5.41, 5.74) is 2.14. The number of ether oxygens (including phenoxy) is 1. The number of nitrogens with zero attached hydrogens (tertiary/aromatic N) is 2. The Balaban J connectivity index is 1.61. The van der Waals surface area contributed by atoms with Gasteiger partial charge < -0.3 is 14.6 Å². The summed E-state index contributed by atoms with van der Waals surface area (Å²) in [5.74, 6) is 1.68. The van der Waals surface area contributed by atoms with Crippen LogP contribution in [0.4, 0.5) is 5.69 Å². The van der Waals surface area contributed by atoms with Gasteiger partial charge in [0.25, 0.3) is 0 Å². The molecular weight excluding hydrogens is 306 g/mol. The van der Waals surface area contributed by atoms with E-state index in [0.717, 1.165) is 11.3 Å². The Bertz CT molecular complexity index is 807. The number of aromatic nitrogens is 2. The van der Waals surface area contributed by atoms with E-state index in [2.05, 4.69) is 15.5 Å². The number of aryl methyl sites for hydroxylation is 2. The molecule has 0 fully saturated rings. The molecule has 0 aliphatic rings. The molecule has 1 aromatic carbocycles. The van der Waals surface area contributed by atoms with Gasteiger partial charge in [-0.1, -0.05) is 23.4 Å². The molecule has 0 saturated heterocycles. The summed E-state index contributed by atoms with van der Waals surface area (Å²) in [6.07, 6.45) is 1.77. The summed E-state index contributed by atoms with van der Waals surface area (Å²) in [5, 5.41) is 6.64. The van der Waals surface area contributed by atoms with Gasteiger partial charge in [-0.3, -0.25) is 4.79 Å². The molecule has 0 radical (unpaired) electrons. The average Bonchev–Trinajstić information content (AvgIpc) is 2.89. The van der Waals surface area contributed by atoms with Crippen molar-refractivity contribution in [2.75, 3.05) is 5.32 Å². The van der Waals surface area contributed by atoms with Gasteiger partial charge in [0, 0.05) is 11.6 Å². The van der Waals surface area contributed by atoms with Crippen molar-refractivity contribution in [1.29, 1.82) is 0 Å². The van der Waals surface area contributed by atoms with Crippen LogP contribution in [-0.4, -0.2) is 16.0 Å². The second-order valence-corrected chi connectivity index (χ2v) is 5.33. The predicted octanol–water partition coefficient (Wildman–Crippen LogP) is 3.66. The Kier molecular flexibility index (Phi) is 4.56. The summed E-state index contributed by atoms with van der Waals surface area (Å²) < 4.78 is 10.7. The van der Waals surface area contributed by atoms with Crippen molar-refractivity contribution in [3.63, 3.8) is 0 Å². The number of pyridine rings is 1. The average molecular weight is 323 g/mol. The zero-order chi connectivity index (χ0) is 16.9. The van der Waals surface area contributed by atoms with Gasteiger partial charge in [-0.05, 0) is 32.0 Å². The lowest BCUT2D eigenvalue weighted by Crippen LogP contribution is -2.15. The fourth-order valence-corrected chi connectivity index (χ4v) is 2.24. The van der Waals surface area contributed by atoms with Gasteiger partial charge in [-0.15, -0.1) is 0 Å². The molecule has 0 spiro atoms. The minimum Gasteiger partial charge on any atom is -0.439 e. The van der Waals surface area contributed by atoms with Crippen molar-refractivity contribution < 1.29 is 14.1 Å². The Morgan fingerprint density at radius 3 is 2.58 bits per heavy atom. The highest BCUT2D eigenvalue weighted by atomic mass is 16.5. The third-order valence-electron chi connectivity index (χ3n) is 3.50. The quantitative estimate of drug-likeness (QED) is 0.775. The molecule has 2 aromatic heterocycles. The van der Waals surface area contributed by atoms with Crippen LogP contribution in [-0.2, 0) is 11.2 Å². The number of nitrogens with one attached hydrogen (secondary N) is 1. The van der Waals surface area contributed by atoms with Crippen molar-refractivity contribution in [3.8, 4) is 11.6 Å². The zero-order valence-electron chi connectivity index (χ0n) is 13.4. The Hall–Kier alpha value is -3.15. The van der Waals surface area contributed by atoms with E-state index in [1.165, 1.54) is 0 Å². The van der Waals surface area contributed by atoms with Gasteiger partial charge in [0.1, 0.15) is 11.5 Å². The number of benzene rings is 1. The van der Waals surface area contributed by atoms with E-state index in [4.69, 9.17) is 9.26 Å². The number of carbonyl (C=O) groups excluding carboxylic acids is 1. The molecule has 1 amide bonds. The largest absolute Gasteiger partial charge is 0.439 e. The zero-order valence-corrected chi connectivity index (χ0v) is 13.4. The van der Waals surface area contributed by atoms with E-state index < -0.39 is 0 Å². The highest BCUT2D eigenvalue weighted by Gasteiger charge is 2.13. The van der Waals surface area contributed by atoms with Crippen molar-refractivity contribution in [2.45, 2.75) is 20.3 Å². The summed E-state index contributed by atoms with van der Waals surface area (Å²) in [6, 6.07) is 12.8. The number of amides is 1. The number of para-hydroxylation sites is 1. The van der Waals surface area contributed by atoms with Gasteiger partial charge >= 0.3 is 0 Å². The molecule has 0 aliphatic heterocycles. The molecule has 0 saturated carbocycles. The lowest BCUT2D eigenvalue weighted by molar-refractivity contribution is -0.115. The smallest absolute Gasteiger partial charge is 0.229 e. The molecule has 3 aromatic rings. The molecule has 122 valence electrons. The first-order valence-electron chi connectivity index (χ1n) is 7.52. The molecule has 0 bridgehead atoms. The summed E-state index contributed by atoms with van der Waals surface area (Å²) in [4.78, 5) is 16.3. The van der Waals surface area contributed by atoms with E-state index in [1.807, 2.05) is 37.3 Å². The molecule has 0 unspecified atom stereocenters. The Labute approximate surface area is 139 Å². The van der Waals surface area contributed by atoms with Gasteiger partial charge in [-0.2, -0.15) is 0 Å². The van der Waals surface area contributed by atoms with E-state index in [1.54, 1.807) is 25.3 Å². The summed E-state index contributed by atoms with van der Waals surface area (Å²) in [7, 11) is 0.